The van der Waals surface area contributed by atoms with Crippen molar-refractivity contribution in [1.82, 2.24) is 25.1 Å². The van der Waals surface area contributed by atoms with Gasteiger partial charge in [0.1, 0.15) is 0 Å². The second-order valence-electron chi connectivity index (χ2n) is 6.20. The van der Waals surface area contributed by atoms with Gasteiger partial charge in [-0.1, -0.05) is 48.4 Å². The normalized spacial score (nSPS) is 15.9. The van der Waals surface area contributed by atoms with E-state index in [1.165, 1.54) is 11.1 Å². The number of nitrogens with zero attached hydrogens (tertiary/aromatic N) is 5. The van der Waals surface area contributed by atoms with Crippen molar-refractivity contribution in [3.05, 3.63) is 71.5 Å². The van der Waals surface area contributed by atoms with Crippen LogP contribution in [0.3, 0.4) is 0 Å². The maximum Gasteiger partial charge on any atom is 0.170 e. The molecule has 0 saturated heterocycles. The maximum atomic E-state index is 5.65. The highest BCUT2D eigenvalue weighted by Gasteiger charge is 2.28. The molecule has 1 heterocycles. The number of aryl methyl sites for hydroxylation is 1. The first-order chi connectivity index (χ1) is 12.4. The Morgan fingerprint density at radius 1 is 1.12 bits per heavy atom. The molecule has 3 aromatic rings. The van der Waals surface area contributed by atoms with E-state index in [9.17, 15) is 0 Å². The third-order valence-corrected chi connectivity index (χ3v) is 4.72. The Morgan fingerprint density at radius 2 is 1.92 bits per heavy atom. The monoisotopic (exact) mass is 329 g/mol. The first-order valence-electron chi connectivity index (χ1n) is 8.45. The van der Waals surface area contributed by atoms with Gasteiger partial charge in [-0.2, -0.15) is 4.68 Å². The Kier molecular flexibility index (Phi) is 4.28. The topological polar surface area (TPSA) is 46.8 Å². The predicted octanol–water partition coefficient (Wildman–Crippen LogP) is 2.79. The van der Waals surface area contributed by atoms with Crippen LogP contribution in [0.25, 0.3) is 5.69 Å². The van der Waals surface area contributed by atoms with Crippen LogP contribution in [-0.4, -0.2) is 31.7 Å². The molecule has 124 valence electrons. The number of hydrogen-bond acceptors (Lipinski definition) is 4. The van der Waals surface area contributed by atoms with Gasteiger partial charge in [-0.3, -0.25) is 4.90 Å². The zero-order chi connectivity index (χ0) is 17.1. The van der Waals surface area contributed by atoms with E-state index in [1.807, 2.05) is 30.3 Å². The summed E-state index contributed by atoms with van der Waals surface area (Å²) in [5.41, 5.74) is 3.74. The fourth-order valence-corrected chi connectivity index (χ4v) is 3.56. The molecule has 0 spiro atoms. The highest BCUT2D eigenvalue weighted by Crippen LogP contribution is 2.36. The molecule has 0 unspecified atom stereocenters. The lowest BCUT2D eigenvalue weighted by Crippen LogP contribution is -2.29. The number of para-hydroxylation sites is 1. The minimum Gasteiger partial charge on any atom is -0.278 e. The van der Waals surface area contributed by atoms with Crippen LogP contribution in [-0.2, 0) is 13.0 Å². The van der Waals surface area contributed by atoms with Gasteiger partial charge in [-0.15, -0.1) is 11.5 Å². The van der Waals surface area contributed by atoms with Crippen molar-refractivity contribution >= 4 is 0 Å². The molecule has 25 heavy (non-hydrogen) atoms. The van der Waals surface area contributed by atoms with Crippen LogP contribution in [0.2, 0.25) is 0 Å². The molecule has 1 aliphatic carbocycles. The van der Waals surface area contributed by atoms with Crippen LogP contribution in [0.15, 0.2) is 54.6 Å². The molecule has 2 aromatic carbocycles. The first-order valence-corrected chi connectivity index (χ1v) is 8.45. The van der Waals surface area contributed by atoms with E-state index in [-0.39, 0.29) is 0 Å². The van der Waals surface area contributed by atoms with E-state index >= 15 is 0 Å². The van der Waals surface area contributed by atoms with E-state index < -0.39 is 0 Å². The summed E-state index contributed by atoms with van der Waals surface area (Å²) >= 11 is 0. The van der Waals surface area contributed by atoms with Gasteiger partial charge < -0.3 is 0 Å². The number of tetrazole rings is 1. The lowest BCUT2D eigenvalue weighted by molar-refractivity contribution is 0.206. The van der Waals surface area contributed by atoms with Crippen molar-refractivity contribution in [3.8, 4) is 18.0 Å². The summed E-state index contributed by atoms with van der Waals surface area (Å²) in [5.74, 6) is 3.59. The highest BCUT2D eigenvalue weighted by molar-refractivity contribution is 5.35. The lowest BCUT2D eigenvalue weighted by Gasteiger charge is -2.27. The summed E-state index contributed by atoms with van der Waals surface area (Å²) in [7, 11) is 0. The minimum absolute atomic E-state index is 0.313. The molecule has 0 fully saturated rings. The first kappa shape index (κ1) is 15.6. The molecule has 1 aromatic heterocycles. The molecule has 0 radical (unpaired) electrons. The van der Waals surface area contributed by atoms with Crippen molar-refractivity contribution < 1.29 is 0 Å². The fraction of sp³-hybridized carbons (Fsp3) is 0.250. The summed E-state index contributed by atoms with van der Waals surface area (Å²) in [4.78, 5) is 2.29. The summed E-state index contributed by atoms with van der Waals surface area (Å²) in [6.45, 7) is 1.19. The zero-order valence-electron chi connectivity index (χ0n) is 13.9. The van der Waals surface area contributed by atoms with Crippen LogP contribution in [0.1, 0.15) is 29.4 Å². The Balaban J connectivity index is 1.63. The summed E-state index contributed by atoms with van der Waals surface area (Å²) in [6.07, 6.45) is 7.81. The van der Waals surface area contributed by atoms with Crippen molar-refractivity contribution in [2.24, 2.45) is 0 Å². The number of fused-ring (bicyclic) bond motifs is 1. The molecule has 0 saturated carbocycles. The standard InChI is InChI=1S/C20H19N5/c1-2-14-24(19-13-12-16-8-6-7-11-18(16)19)15-20-21-22-23-25(20)17-9-4-3-5-10-17/h1,3-11,19H,12-15H2/t19-/m0/s1. The Morgan fingerprint density at radius 3 is 2.76 bits per heavy atom. The molecule has 1 aliphatic rings. The minimum atomic E-state index is 0.313. The molecule has 0 bridgehead atoms. The third kappa shape index (κ3) is 3.04. The number of hydrogen-bond donors (Lipinski definition) is 0. The van der Waals surface area contributed by atoms with Crippen molar-refractivity contribution in [3.63, 3.8) is 0 Å². The predicted molar refractivity (Wildman–Crippen MR) is 95.9 cm³/mol. The second-order valence-corrected chi connectivity index (χ2v) is 6.20. The molecule has 0 amide bonds. The largest absolute Gasteiger partial charge is 0.278 e. The maximum absolute atomic E-state index is 5.65. The molecular weight excluding hydrogens is 310 g/mol. The quantitative estimate of drug-likeness (QED) is 0.675. The Hall–Kier alpha value is -2.97. The van der Waals surface area contributed by atoms with E-state index in [0.29, 0.717) is 19.1 Å². The summed E-state index contributed by atoms with van der Waals surface area (Å²) < 4.78 is 1.78. The van der Waals surface area contributed by atoms with Gasteiger partial charge in [-0.05, 0) is 46.5 Å². The molecule has 0 aliphatic heterocycles. The van der Waals surface area contributed by atoms with Crippen LogP contribution >= 0.6 is 0 Å². The zero-order valence-corrected chi connectivity index (χ0v) is 13.9. The van der Waals surface area contributed by atoms with Crippen molar-refractivity contribution in [2.75, 3.05) is 6.54 Å². The van der Waals surface area contributed by atoms with E-state index in [1.54, 1.807) is 4.68 Å². The smallest absolute Gasteiger partial charge is 0.170 e. The molecule has 1 atom stereocenters. The van der Waals surface area contributed by atoms with Crippen molar-refractivity contribution in [1.29, 1.82) is 0 Å². The SMILES string of the molecule is C#CCN(Cc1nnnn1-c1ccccc1)[C@H]1CCc2ccccc21. The van der Waals surface area contributed by atoms with Crippen LogP contribution in [0.5, 0.6) is 0 Å². The van der Waals surface area contributed by atoms with Gasteiger partial charge in [0.15, 0.2) is 5.82 Å². The highest BCUT2D eigenvalue weighted by atomic mass is 15.5. The fourth-order valence-electron chi connectivity index (χ4n) is 3.56. The van der Waals surface area contributed by atoms with Gasteiger partial charge in [0.2, 0.25) is 0 Å². The number of aromatic nitrogens is 4. The van der Waals surface area contributed by atoms with Crippen LogP contribution in [0, 0.1) is 12.3 Å². The molecule has 5 nitrogen and oxygen atoms in total. The van der Waals surface area contributed by atoms with E-state index in [4.69, 9.17) is 6.42 Å². The number of benzene rings is 2. The van der Waals surface area contributed by atoms with E-state index in [0.717, 1.165) is 24.4 Å². The number of rotatable bonds is 5. The second kappa shape index (κ2) is 6.88. The Bertz CT molecular complexity index is 894. The molecule has 0 N–H and O–H groups in total. The lowest BCUT2D eigenvalue weighted by atomic mass is 10.1. The molecule has 4 rings (SSSR count). The third-order valence-electron chi connectivity index (χ3n) is 4.72. The number of terminal acetylenes is 1. The average molecular weight is 329 g/mol. The van der Waals surface area contributed by atoms with E-state index in [2.05, 4.69) is 50.6 Å². The van der Waals surface area contributed by atoms with Gasteiger partial charge in [0.25, 0.3) is 0 Å². The summed E-state index contributed by atoms with van der Waals surface area (Å²) in [6, 6.07) is 18.9. The van der Waals surface area contributed by atoms with Crippen molar-refractivity contribution in [2.45, 2.75) is 25.4 Å². The van der Waals surface area contributed by atoms with Gasteiger partial charge in [0.05, 0.1) is 18.8 Å². The van der Waals surface area contributed by atoms with Crippen LogP contribution in [0.4, 0.5) is 0 Å². The van der Waals surface area contributed by atoms with Gasteiger partial charge in [-0.25, -0.2) is 0 Å². The Labute approximate surface area is 147 Å². The van der Waals surface area contributed by atoms with Crippen LogP contribution < -0.4 is 0 Å². The molecular formula is C20H19N5. The van der Waals surface area contributed by atoms with Gasteiger partial charge in [0, 0.05) is 6.04 Å². The average Bonchev–Trinajstić information content (AvgIpc) is 3.29. The molecule has 5 heteroatoms. The van der Waals surface area contributed by atoms with Gasteiger partial charge >= 0.3 is 0 Å². The summed E-state index contributed by atoms with van der Waals surface area (Å²) in [5, 5.41) is 12.2.